The van der Waals surface area contributed by atoms with E-state index in [0.717, 1.165) is 25.7 Å². The van der Waals surface area contributed by atoms with Crippen LogP contribution in [0.1, 0.15) is 42.5 Å². The van der Waals surface area contributed by atoms with Gasteiger partial charge in [0.25, 0.3) is 5.91 Å². The number of hydrogen-bond donors (Lipinski definition) is 3. The van der Waals surface area contributed by atoms with E-state index in [4.69, 9.17) is 17.3 Å². The number of nitrogens with one attached hydrogen (secondary N) is 2. The van der Waals surface area contributed by atoms with Gasteiger partial charge in [-0.25, -0.2) is 0 Å². The summed E-state index contributed by atoms with van der Waals surface area (Å²) in [6.07, 6.45) is 4.33. The van der Waals surface area contributed by atoms with Gasteiger partial charge in [0.1, 0.15) is 0 Å². The molecule has 0 unspecified atom stereocenters. The smallest absolute Gasteiger partial charge is 0.252 e. The Kier molecular flexibility index (Phi) is 7.79. The quantitative estimate of drug-likeness (QED) is 0.645. The maximum Gasteiger partial charge on any atom is 0.252 e. The van der Waals surface area contributed by atoms with Crippen molar-refractivity contribution in [2.75, 3.05) is 18.9 Å². The minimum atomic E-state index is -0.280. The normalized spacial score (nSPS) is 10.2. The highest BCUT2D eigenvalue weighted by molar-refractivity contribution is 6.34. The van der Waals surface area contributed by atoms with Gasteiger partial charge in [-0.2, -0.15) is 0 Å². The van der Waals surface area contributed by atoms with Crippen LogP contribution in [0.4, 0.5) is 5.69 Å². The largest absolute Gasteiger partial charge is 0.355 e. The van der Waals surface area contributed by atoms with Crippen LogP contribution in [-0.4, -0.2) is 25.4 Å². The predicted molar refractivity (Wildman–Crippen MR) is 85.6 cm³/mol. The Balaban J connectivity index is 2.51. The van der Waals surface area contributed by atoms with E-state index in [0.29, 0.717) is 29.2 Å². The lowest BCUT2D eigenvalue weighted by molar-refractivity contribution is -0.116. The van der Waals surface area contributed by atoms with Crippen molar-refractivity contribution in [2.24, 2.45) is 5.73 Å². The summed E-state index contributed by atoms with van der Waals surface area (Å²) in [5.41, 5.74) is 6.33. The minimum absolute atomic E-state index is 0.0621. The summed E-state index contributed by atoms with van der Waals surface area (Å²) in [5, 5.41) is 5.64. The van der Waals surface area contributed by atoms with E-state index in [1.54, 1.807) is 18.2 Å². The number of amides is 2. The third-order valence-electron chi connectivity index (χ3n) is 3.08. The Hall–Kier alpha value is -1.59. The Morgan fingerprint density at radius 3 is 2.57 bits per heavy atom. The van der Waals surface area contributed by atoms with E-state index in [-0.39, 0.29) is 11.8 Å². The summed E-state index contributed by atoms with van der Waals surface area (Å²) < 4.78 is 0. The molecule has 0 saturated carbocycles. The molecule has 0 atom stereocenters. The van der Waals surface area contributed by atoms with Gasteiger partial charge < -0.3 is 16.4 Å². The zero-order valence-corrected chi connectivity index (χ0v) is 13.0. The third-order valence-corrected chi connectivity index (χ3v) is 3.41. The minimum Gasteiger partial charge on any atom is -0.355 e. The zero-order chi connectivity index (χ0) is 15.7. The molecule has 5 nitrogen and oxygen atoms in total. The molecule has 0 radical (unpaired) electrons. The first kappa shape index (κ1) is 17.5. The summed E-state index contributed by atoms with van der Waals surface area (Å²) in [7, 11) is 1.53. The molecule has 0 aliphatic rings. The molecule has 0 aliphatic carbocycles. The van der Waals surface area contributed by atoms with Gasteiger partial charge in [0.05, 0.1) is 10.6 Å². The number of nitrogens with two attached hydrogens (primary N) is 1. The summed E-state index contributed by atoms with van der Waals surface area (Å²) in [4.78, 5) is 23.4. The number of rotatable bonds is 8. The van der Waals surface area contributed by atoms with Gasteiger partial charge in [0, 0.05) is 19.2 Å². The van der Waals surface area contributed by atoms with Crippen molar-refractivity contribution in [1.29, 1.82) is 0 Å². The molecule has 0 bridgehead atoms. The highest BCUT2D eigenvalue weighted by Gasteiger charge is 2.10. The van der Waals surface area contributed by atoms with Crippen LogP contribution >= 0.6 is 11.6 Å². The van der Waals surface area contributed by atoms with E-state index < -0.39 is 0 Å². The van der Waals surface area contributed by atoms with E-state index in [9.17, 15) is 9.59 Å². The van der Waals surface area contributed by atoms with Crippen LogP contribution in [0.3, 0.4) is 0 Å². The molecule has 0 spiro atoms. The van der Waals surface area contributed by atoms with Crippen molar-refractivity contribution >= 4 is 29.1 Å². The van der Waals surface area contributed by atoms with Crippen molar-refractivity contribution in [3.8, 4) is 0 Å². The first-order valence-electron chi connectivity index (χ1n) is 7.10. The SMILES string of the molecule is CNC(=O)c1cc(NC(=O)CCCCCCN)ccc1Cl. The van der Waals surface area contributed by atoms with Crippen LogP contribution in [-0.2, 0) is 4.79 Å². The molecule has 4 N–H and O–H groups in total. The molecular formula is C15H22ClN3O2. The Bertz CT molecular complexity index is 492. The average molecular weight is 312 g/mol. The first-order chi connectivity index (χ1) is 10.1. The molecular weight excluding hydrogens is 290 g/mol. The molecule has 1 aromatic rings. The molecule has 0 fully saturated rings. The number of carbonyl (C=O) groups is 2. The van der Waals surface area contributed by atoms with Crippen molar-refractivity contribution in [3.05, 3.63) is 28.8 Å². The second-order valence-electron chi connectivity index (χ2n) is 4.77. The zero-order valence-electron chi connectivity index (χ0n) is 12.2. The maximum absolute atomic E-state index is 11.8. The predicted octanol–water partition coefficient (Wildman–Crippen LogP) is 2.55. The third kappa shape index (κ3) is 6.14. The van der Waals surface area contributed by atoms with Gasteiger partial charge in [-0.1, -0.05) is 24.4 Å². The second kappa shape index (κ2) is 9.37. The van der Waals surface area contributed by atoms with Crippen molar-refractivity contribution in [1.82, 2.24) is 5.32 Å². The highest BCUT2D eigenvalue weighted by atomic mass is 35.5. The van der Waals surface area contributed by atoms with E-state index in [1.807, 2.05) is 0 Å². The first-order valence-corrected chi connectivity index (χ1v) is 7.48. The van der Waals surface area contributed by atoms with Gasteiger partial charge >= 0.3 is 0 Å². The lowest BCUT2D eigenvalue weighted by Crippen LogP contribution is -2.19. The molecule has 0 saturated heterocycles. The van der Waals surface area contributed by atoms with Crippen LogP contribution in [0.25, 0.3) is 0 Å². The van der Waals surface area contributed by atoms with Crippen molar-refractivity contribution in [2.45, 2.75) is 32.1 Å². The number of carbonyl (C=O) groups excluding carboxylic acids is 2. The van der Waals surface area contributed by atoms with Gasteiger partial charge in [0.15, 0.2) is 0 Å². The highest BCUT2D eigenvalue weighted by Crippen LogP contribution is 2.20. The molecule has 0 heterocycles. The van der Waals surface area contributed by atoms with E-state index in [2.05, 4.69) is 10.6 Å². The monoisotopic (exact) mass is 311 g/mol. The second-order valence-corrected chi connectivity index (χ2v) is 5.18. The fourth-order valence-corrected chi connectivity index (χ4v) is 2.12. The molecule has 6 heteroatoms. The fourth-order valence-electron chi connectivity index (χ4n) is 1.92. The van der Waals surface area contributed by atoms with Crippen LogP contribution in [0, 0.1) is 0 Å². The lowest BCUT2D eigenvalue weighted by atomic mass is 10.1. The molecule has 0 aliphatic heterocycles. The molecule has 2 amide bonds. The molecule has 0 aromatic heterocycles. The number of unbranched alkanes of at least 4 members (excludes halogenated alkanes) is 3. The van der Waals surface area contributed by atoms with E-state index in [1.165, 1.54) is 7.05 Å². The fraction of sp³-hybridized carbons (Fsp3) is 0.467. The summed E-state index contributed by atoms with van der Waals surface area (Å²) in [6, 6.07) is 4.86. The number of hydrogen-bond acceptors (Lipinski definition) is 3. The average Bonchev–Trinajstić information content (AvgIpc) is 2.48. The number of anilines is 1. The maximum atomic E-state index is 11.8. The van der Waals surface area contributed by atoms with Crippen LogP contribution in [0.15, 0.2) is 18.2 Å². The molecule has 21 heavy (non-hydrogen) atoms. The van der Waals surface area contributed by atoms with Crippen molar-refractivity contribution in [3.63, 3.8) is 0 Å². The number of halogens is 1. The molecule has 1 aromatic carbocycles. The van der Waals surface area contributed by atoms with Gasteiger partial charge in [-0.3, -0.25) is 9.59 Å². The lowest BCUT2D eigenvalue weighted by Gasteiger charge is -2.08. The van der Waals surface area contributed by atoms with Crippen LogP contribution < -0.4 is 16.4 Å². The van der Waals surface area contributed by atoms with Crippen LogP contribution in [0.5, 0.6) is 0 Å². The Morgan fingerprint density at radius 2 is 1.90 bits per heavy atom. The topological polar surface area (TPSA) is 84.2 Å². The van der Waals surface area contributed by atoms with Gasteiger partial charge in [0.2, 0.25) is 5.91 Å². The Morgan fingerprint density at radius 1 is 1.19 bits per heavy atom. The summed E-state index contributed by atoms with van der Waals surface area (Å²) in [6.45, 7) is 0.694. The molecule has 1 rings (SSSR count). The summed E-state index contributed by atoms with van der Waals surface area (Å²) in [5.74, 6) is -0.342. The van der Waals surface area contributed by atoms with Crippen molar-refractivity contribution < 1.29 is 9.59 Å². The van der Waals surface area contributed by atoms with Gasteiger partial charge in [-0.05, 0) is 37.6 Å². The summed E-state index contributed by atoms with van der Waals surface area (Å²) >= 11 is 5.95. The van der Waals surface area contributed by atoms with Crippen LogP contribution in [0.2, 0.25) is 5.02 Å². The molecule has 116 valence electrons. The van der Waals surface area contributed by atoms with E-state index >= 15 is 0 Å². The van der Waals surface area contributed by atoms with Gasteiger partial charge in [-0.15, -0.1) is 0 Å². The standard InChI is InChI=1S/C15H22ClN3O2/c1-18-15(21)12-10-11(7-8-13(12)16)19-14(20)6-4-2-3-5-9-17/h7-8,10H,2-6,9,17H2,1H3,(H,18,21)(H,19,20). The Labute approximate surface area is 130 Å². The number of benzene rings is 1.